The van der Waals surface area contributed by atoms with Crippen LogP contribution in [0.1, 0.15) is 31.2 Å². The summed E-state index contributed by atoms with van der Waals surface area (Å²) in [6.45, 7) is 2.23. The molecular formula is C19H25FN2O3. The molecule has 2 amide bonds. The van der Waals surface area contributed by atoms with Crippen LogP contribution in [0.3, 0.4) is 0 Å². The summed E-state index contributed by atoms with van der Waals surface area (Å²) >= 11 is 0. The predicted molar refractivity (Wildman–Crippen MR) is 91.2 cm³/mol. The molecule has 0 bridgehead atoms. The summed E-state index contributed by atoms with van der Waals surface area (Å²) in [7, 11) is 0. The lowest BCUT2D eigenvalue weighted by atomic mass is 9.88. The topological polar surface area (TPSA) is 60.9 Å². The van der Waals surface area contributed by atoms with Crippen LogP contribution in [-0.4, -0.2) is 59.0 Å². The molecule has 0 saturated carbocycles. The minimum absolute atomic E-state index is 0.0239. The number of piperidine rings is 1. The van der Waals surface area contributed by atoms with Gasteiger partial charge in [-0.2, -0.15) is 0 Å². The minimum atomic E-state index is -0.479. The Morgan fingerprint density at radius 3 is 2.88 bits per heavy atom. The van der Waals surface area contributed by atoms with E-state index in [1.54, 1.807) is 15.9 Å². The second-order valence-corrected chi connectivity index (χ2v) is 7.02. The molecule has 2 aliphatic heterocycles. The Morgan fingerprint density at radius 2 is 2.16 bits per heavy atom. The van der Waals surface area contributed by atoms with E-state index in [2.05, 4.69) is 0 Å². The minimum Gasteiger partial charge on any atom is -0.393 e. The number of carbonyl (C=O) groups excluding carboxylic acids is 2. The highest BCUT2D eigenvalue weighted by Crippen LogP contribution is 2.23. The lowest BCUT2D eigenvalue weighted by molar-refractivity contribution is -0.136. The van der Waals surface area contributed by atoms with E-state index in [-0.39, 0.29) is 23.5 Å². The molecule has 0 spiro atoms. The largest absolute Gasteiger partial charge is 0.393 e. The number of hydrogen-bond donors (Lipinski definition) is 1. The van der Waals surface area contributed by atoms with Gasteiger partial charge in [0, 0.05) is 44.9 Å². The SMILES string of the molecule is O=C1CCCN1CCC(=O)N1CC[C@@H](O)[C@H](Cc2cccc(F)c2)C1. The second-order valence-electron chi connectivity index (χ2n) is 7.02. The Hall–Kier alpha value is -1.95. The molecule has 2 heterocycles. The van der Waals surface area contributed by atoms with Crippen LogP contribution in [0.5, 0.6) is 0 Å². The van der Waals surface area contributed by atoms with Crippen molar-refractivity contribution >= 4 is 11.8 Å². The first kappa shape index (κ1) is 17.9. The molecule has 0 radical (unpaired) electrons. The van der Waals surface area contributed by atoms with Gasteiger partial charge in [-0.25, -0.2) is 4.39 Å². The lowest BCUT2D eigenvalue weighted by Crippen LogP contribution is -2.47. The van der Waals surface area contributed by atoms with Crippen LogP contribution in [-0.2, 0) is 16.0 Å². The summed E-state index contributed by atoms with van der Waals surface area (Å²) in [5, 5.41) is 10.3. The van der Waals surface area contributed by atoms with Crippen molar-refractivity contribution in [2.45, 2.75) is 38.2 Å². The molecule has 1 N–H and O–H groups in total. The van der Waals surface area contributed by atoms with Crippen molar-refractivity contribution in [1.29, 1.82) is 0 Å². The van der Waals surface area contributed by atoms with E-state index in [4.69, 9.17) is 0 Å². The van der Waals surface area contributed by atoms with Gasteiger partial charge in [0.05, 0.1) is 6.10 Å². The van der Waals surface area contributed by atoms with Crippen molar-refractivity contribution in [3.8, 4) is 0 Å². The monoisotopic (exact) mass is 348 g/mol. The first-order valence-electron chi connectivity index (χ1n) is 9.01. The number of aliphatic hydroxyl groups is 1. The van der Waals surface area contributed by atoms with Crippen LogP contribution in [0.25, 0.3) is 0 Å². The third-order valence-electron chi connectivity index (χ3n) is 5.20. The van der Waals surface area contributed by atoms with Crippen molar-refractivity contribution in [1.82, 2.24) is 9.80 Å². The van der Waals surface area contributed by atoms with Gasteiger partial charge in [-0.1, -0.05) is 12.1 Å². The van der Waals surface area contributed by atoms with Gasteiger partial charge in [0.25, 0.3) is 0 Å². The molecule has 2 saturated heterocycles. The number of likely N-dealkylation sites (tertiary alicyclic amines) is 2. The Kier molecular flexibility index (Phi) is 5.68. The van der Waals surface area contributed by atoms with Gasteiger partial charge in [-0.3, -0.25) is 9.59 Å². The predicted octanol–water partition coefficient (Wildman–Crippen LogP) is 1.59. The van der Waals surface area contributed by atoms with Crippen molar-refractivity contribution in [3.05, 3.63) is 35.6 Å². The van der Waals surface area contributed by atoms with Crippen LogP contribution < -0.4 is 0 Å². The Bertz CT molecular complexity index is 637. The van der Waals surface area contributed by atoms with Crippen molar-refractivity contribution < 1.29 is 19.1 Å². The molecule has 1 aromatic rings. The highest BCUT2D eigenvalue weighted by molar-refractivity contribution is 5.80. The Labute approximate surface area is 147 Å². The smallest absolute Gasteiger partial charge is 0.224 e. The molecule has 25 heavy (non-hydrogen) atoms. The van der Waals surface area contributed by atoms with Crippen LogP contribution in [0.2, 0.25) is 0 Å². The highest BCUT2D eigenvalue weighted by Gasteiger charge is 2.31. The summed E-state index contributed by atoms with van der Waals surface area (Å²) in [5.41, 5.74) is 0.834. The summed E-state index contributed by atoms with van der Waals surface area (Å²) in [6, 6.07) is 6.38. The maximum absolute atomic E-state index is 13.3. The van der Waals surface area contributed by atoms with E-state index in [1.165, 1.54) is 12.1 Å². The molecule has 2 atom stereocenters. The molecule has 136 valence electrons. The zero-order valence-electron chi connectivity index (χ0n) is 14.4. The molecule has 0 unspecified atom stereocenters. The van der Waals surface area contributed by atoms with E-state index in [0.717, 1.165) is 18.5 Å². The average molecular weight is 348 g/mol. The standard InChI is InChI=1S/C19H25FN2O3/c20-16-4-1-3-14(12-16)11-15-13-22(9-6-17(15)23)19(25)7-10-21-8-2-5-18(21)24/h1,3-4,12,15,17,23H,2,5-11,13H2/t15-,17-/m1/s1. The van der Waals surface area contributed by atoms with Gasteiger partial charge in [-0.05, 0) is 37.0 Å². The summed E-state index contributed by atoms with van der Waals surface area (Å²) in [5.74, 6) is -0.222. The number of carbonyl (C=O) groups is 2. The third kappa shape index (κ3) is 4.57. The van der Waals surface area contributed by atoms with Crippen LogP contribution >= 0.6 is 0 Å². The maximum atomic E-state index is 13.3. The molecule has 6 heteroatoms. The van der Waals surface area contributed by atoms with Crippen molar-refractivity contribution in [2.24, 2.45) is 5.92 Å². The molecule has 1 aromatic carbocycles. The van der Waals surface area contributed by atoms with Crippen LogP contribution in [0.4, 0.5) is 4.39 Å². The van der Waals surface area contributed by atoms with Gasteiger partial charge >= 0.3 is 0 Å². The fourth-order valence-corrected chi connectivity index (χ4v) is 3.74. The fourth-order valence-electron chi connectivity index (χ4n) is 3.74. The maximum Gasteiger partial charge on any atom is 0.224 e. The first-order valence-corrected chi connectivity index (χ1v) is 9.01. The van der Waals surface area contributed by atoms with Gasteiger partial charge < -0.3 is 14.9 Å². The normalized spacial score (nSPS) is 24.0. The van der Waals surface area contributed by atoms with Crippen molar-refractivity contribution in [3.63, 3.8) is 0 Å². The molecule has 2 fully saturated rings. The number of aliphatic hydroxyl groups excluding tert-OH is 1. The van der Waals surface area contributed by atoms with E-state index in [0.29, 0.717) is 45.3 Å². The number of halogens is 1. The number of nitrogens with zero attached hydrogens (tertiary/aromatic N) is 2. The summed E-state index contributed by atoms with van der Waals surface area (Å²) < 4.78 is 13.3. The van der Waals surface area contributed by atoms with E-state index in [1.807, 2.05) is 6.07 Å². The van der Waals surface area contributed by atoms with Crippen LogP contribution in [0.15, 0.2) is 24.3 Å². The van der Waals surface area contributed by atoms with Gasteiger partial charge in [0.15, 0.2) is 0 Å². The molecule has 0 aromatic heterocycles. The molecule has 2 aliphatic rings. The van der Waals surface area contributed by atoms with E-state index < -0.39 is 6.10 Å². The fraction of sp³-hybridized carbons (Fsp3) is 0.579. The van der Waals surface area contributed by atoms with Gasteiger partial charge in [-0.15, -0.1) is 0 Å². The highest BCUT2D eigenvalue weighted by atomic mass is 19.1. The Morgan fingerprint density at radius 1 is 1.32 bits per heavy atom. The zero-order chi connectivity index (χ0) is 17.8. The molecule has 5 nitrogen and oxygen atoms in total. The number of hydrogen-bond acceptors (Lipinski definition) is 3. The van der Waals surface area contributed by atoms with Crippen molar-refractivity contribution in [2.75, 3.05) is 26.2 Å². The van der Waals surface area contributed by atoms with E-state index in [9.17, 15) is 19.1 Å². The summed E-state index contributed by atoms with van der Waals surface area (Å²) in [6.07, 6.45) is 2.39. The first-order chi connectivity index (χ1) is 12.0. The van der Waals surface area contributed by atoms with Gasteiger partial charge in [0.2, 0.25) is 11.8 Å². The Balaban J connectivity index is 1.54. The molecular weight excluding hydrogens is 323 g/mol. The van der Waals surface area contributed by atoms with Gasteiger partial charge in [0.1, 0.15) is 5.82 Å². The zero-order valence-corrected chi connectivity index (χ0v) is 14.4. The molecule has 3 rings (SSSR count). The second kappa shape index (κ2) is 7.95. The number of amides is 2. The number of rotatable bonds is 5. The quantitative estimate of drug-likeness (QED) is 0.879. The third-order valence-corrected chi connectivity index (χ3v) is 5.20. The van der Waals surface area contributed by atoms with Crippen LogP contribution in [0, 0.1) is 11.7 Å². The molecule has 0 aliphatic carbocycles. The lowest BCUT2D eigenvalue weighted by Gasteiger charge is -2.36. The average Bonchev–Trinajstić information content (AvgIpc) is 3.00. The van der Waals surface area contributed by atoms with E-state index >= 15 is 0 Å². The summed E-state index contributed by atoms with van der Waals surface area (Å²) in [4.78, 5) is 27.6. The number of benzene rings is 1.